The van der Waals surface area contributed by atoms with Gasteiger partial charge in [0.25, 0.3) is 5.56 Å². The molecule has 0 aliphatic carbocycles. The van der Waals surface area contributed by atoms with E-state index in [0.29, 0.717) is 22.9 Å². The molecule has 1 heterocycles. The molecule has 0 aliphatic heterocycles. The van der Waals surface area contributed by atoms with E-state index in [0.717, 1.165) is 5.56 Å². The Labute approximate surface area is 156 Å². The Bertz CT molecular complexity index is 1000. The second-order valence-corrected chi connectivity index (χ2v) is 5.72. The Morgan fingerprint density at radius 1 is 1.07 bits per heavy atom. The lowest BCUT2D eigenvalue weighted by molar-refractivity contribution is -0.116. The van der Waals surface area contributed by atoms with Crippen molar-refractivity contribution in [2.45, 2.75) is 6.54 Å². The van der Waals surface area contributed by atoms with Crippen LogP contribution >= 0.6 is 0 Å². The fourth-order valence-electron chi connectivity index (χ4n) is 2.57. The summed E-state index contributed by atoms with van der Waals surface area (Å²) < 4.78 is 11.6. The molecule has 0 bridgehead atoms. The molecule has 0 atom stereocenters. The summed E-state index contributed by atoms with van der Waals surface area (Å²) in [6, 6.07) is 15.9. The number of nitrogens with zero attached hydrogens (tertiary/aromatic N) is 2. The number of carbonyl (C=O) groups is 1. The molecule has 0 saturated heterocycles. The van der Waals surface area contributed by atoms with Crippen LogP contribution in [0, 0.1) is 0 Å². The van der Waals surface area contributed by atoms with Gasteiger partial charge in [-0.3, -0.25) is 14.2 Å². The van der Waals surface area contributed by atoms with Gasteiger partial charge in [0, 0.05) is 17.7 Å². The molecule has 3 rings (SSSR count). The van der Waals surface area contributed by atoms with E-state index < -0.39 is 0 Å². The summed E-state index contributed by atoms with van der Waals surface area (Å²) in [5, 5.41) is 2.73. The van der Waals surface area contributed by atoms with Crippen molar-refractivity contribution in [3.05, 3.63) is 71.3 Å². The Morgan fingerprint density at radius 2 is 1.85 bits per heavy atom. The van der Waals surface area contributed by atoms with Crippen LogP contribution in [0.15, 0.2) is 65.7 Å². The van der Waals surface area contributed by atoms with Crippen molar-refractivity contribution in [3.8, 4) is 22.8 Å². The maximum atomic E-state index is 12.4. The molecule has 1 aromatic heterocycles. The zero-order valence-electron chi connectivity index (χ0n) is 15.0. The van der Waals surface area contributed by atoms with E-state index in [1.807, 2.05) is 30.3 Å². The monoisotopic (exact) mass is 365 g/mol. The molecule has 0 spiro atoms. The van der Waals surface area contributed by atoms with Gasteiger partial charge in [0.2, 0.25) is 5.91 Å². The summed E-state index contributed by atoms with van der Waals surface area (Å²) >= 11 is 0. The van der Waals surface area contributed by atoms with Gasteiger partial charge in [-0.25, -0.2) is 4.98 Å². The Morgan fingerprint density at radius 3 is 2.52 bits per heavy atom. The highest BCUT2D eigenvalue weighted by Crippen LogP contribution is 2.28. The molecule has 0 unspecified atom stereocenters. The number of amides is 1. The van der Waals surface area contributed by atoms with Gasteiger partial charge in [0.15, 0.2) is 0 Å². The zero-order chi connectivity index (χ0) is 19.2. The molecule has 27 heavy (non-hydrogen) atoms. The minimum absolute atomic E-state index is 0.165. The van der Waals surface area contributed by atoms with E-state index in [1.54, 1.807) is 18.2 Å². The first-order valence-electron chi connectivity index (χ1n) is 8.24. The van der Waals surface area contributed by atoms with Crippen LogP contribution in [0.25, 0.3) is 11.3 Å². The van der Waals surface area contributed by atoms with E-state index in [4.69, 9.17) is 9.47 Å². The van der Waals surface area contributed by atoms with E-state index >= 15 is 0 Å². The van der Waals surface area contributed by atoms with Crippen LogP contribution in [0.2, 0.25) is 0 Å². The average molecular weight is 365 g/mol. The number of carbonyl (C=O) groups excluding carboxylic acids is 1. The van der Waals surface area contributed by atoms with E-state index in [9.17, 15) is 9.59 Å². The molecule has 1 N–H and O–H groups in total. The maximum absolute atomic E-state index is 12.4. The van der Waals surface area contributed by atoms with E-state index in [1.165, 1.54) is 31.2 Å². The fraction of sp³-hybridized carbons (Fsp3) is 0.150. The topological polar surface area (TPSA) is 82.4 Å². The highest BCUT2D eigenvalue weighted by molar-refractivity contribution is 5.92. The predicted octanol–water partition coefficient (Wildman–Crippen LogP) is 2.57. The highest BCUT2D eigenvalue weighted by Gasteiger charge is 2.11. The van der Waals surface area contributed by atoms with E-state index in [2.05, 4.69) is 10.3 Å². The predicted molar refractivity (Wildman–Crippen MR) is 102 cm³/mol. The summed E-state index contributed by atoms with van der Waals surface area (Å²) in [5.41, 5.74) is 1.56. The van der Waals surface area contributed by atoms with Crippen LogP contribution in [0.3, 0.4) is 0 Å². The minimum atomic E-state index is -0.377. The van der Waals surface area contributed by atoms with Crippen molar-refractivity contribution < 1.29 is 14.3 Å². The molecule has 0 fully saturated rings. The number of benzene rings is 2. The van der Waals surface area contributed by atoms with Crippen molar-refractivity contribution >= 4 is 11.6 Å². The Kier molecular flexibility index (Phi) is 5.51. The molecule has 0 saturated carbocycles. The maximum Gasteiger partial charge on any atom is 0.254 e. The first-order valence-corrected chi connectivity index (χ1v) is 8.24. The number of anilines is 1. The van der Waals surface area contributed by atoms with Crippen LogP contribution in [-0.2, 0) is 11.3 Å². The number of hydrogen-bond acceptors (Lipinski definition) is 5. The third kappa shape index (κ3) is 4.33. The fourth-order valence-corrected chi connectivity index (χ4v) is 2.57. The summed E-state index contributed by atoms with van der Waals surface area (Å²) in [7, 11) is 3.04. The number of aromatic nitrogens is 2. The average Bonchev–Trinajstić information content (AvgIpc) is 2.70. The van der Waals surface area contributed by atoms with Crippen LogP contribution in [-0.4, -0.2) is 29.7 Å². The van der Waals surface area contributed by atoms with Gasteiger partial charge >= 0.3 is 0 Å². The molecular formula is C20H19N3O4. The Hall–Kier alpha value is -3.61. The van der Waals surface area contributed by atoms with Crippen LogP contribution in [0.4, 0.5) is 5.69 Å². The van der Waals surface area contributed by atoms with Gasteiger partial charge in [0.05, 0.1) is 31.9 Å². The molecule has 7 heteroatoms. The highest BCUT2D eigenvalue weighted by atomic mass is 16.5. The molecule has 0 radical (unpaired) electrons. The van der Waals surface area contributed by atoms with Gasteiger partial charge in [-0.05, 0) is 12.1 Å². The largest absolute Gasteiger partial charge is 0.497 e. The normalized spacial score (nSPS) is 10.3. The number of methoxy groups -OCH3 is 2. The van der Waals surface area contributed by atoms with Crippen molar-refractivity contribution in [3.63, 3.8) is 0 Å². The third-order valence-electron chi connectivity index (χ3n) is 3.94. The Balaban J connectivity index is 1.76. The first-order chi connectivity index (χ1) is 13.1. The van der Waals surface area contributed by atoms with Crippen molar-refractivity contribution in [1.82, 2.24) is 9.55 Å². The molecule has 0 aliphatic rings. The summed E-state index contributed by atoms with van der Waals surface area (Å²) in [6.45, 7) is -0.165. The number of nitrogens with one attached hydrogen (secondary N) is 1. The summed E-state index contributed by atoms with van der Waals surface area (Å²) in [4.78, 5) is 29.0. The van der Waals surface area contributed by atoms with Crippen LogP contribution < -0.4 is 20.3 Å². The summed E-state index contributed by atoms with van der Waals surface area (Å²) in [6.07, 6.45) is 1.37. The standard InChI is InChI=1S/C20H19N3O4/c1-26-15-8-9-18(27-2)17(10-15)22-19(24)12-23-13-21-16(11-20(23)25)14-6-4-3-5-7-14/h3-11,13H,12H2,1-2H3,(H,22,24). The second-order valence-electron chi connectivity index (χ2n) is 5.72. The molecule has 138 valence electrons. The van der Waals surface area contributed by atoms with Gasteiger partial charge in [0.1, 0.15) is 18.0 Å². The number of ether oxygens (including phenoxy) is 2. The quantitative estimate of drug-likeness (QED) is 0.726. The van der Waals surface area contributed by atoms with Gasteiger partial charge in [-0.1, -0.05) is 30.3 Å². The van der Waals surface area contributed by atoms with Crippen LogP contribution in [0.1, 0.15) is 0 Å². The second kappa shape index (κ2) is 8.18. The zero-order valence-corrected chi connectivity index (χ0v) is 15.0. The molecular weight excluding hydrogens is 346 g/mol. The molecule has 7 nitrogen and oxygen atoms in total. The number of hydrogen-bond donors (Lipinski definition) is 1. The lowest BCUT2D eigenvalue weighted by Gasteiger charge is -2.12. The third-order valence-corrected chi connectivity index (χ3v) is 3.94. The number of rotatable bonds is 6. The van der Waals surface area contributed by atoms with Crippen molar-refractivity contribution in [2.24, 2.45) is 0 Å². The summed E-state index contributed by atoms with van der Waals surface area (Å²) in [5.74, 6) is 0.698. The van der Waals surface area contributed by atoms with Gasteiger partial charge in [-0.15, -0.1) is 0 Å². The van der Waals surface area contributed by atoms with Crippen molar-refractivity contribution in [2.75, 3.05) is 19.5 Å². The first kappa shape index (κ1) is 18.2. The van der Waals surface area contributed by atoms with Gasteiger partial charge < -0.3 is 14.8 Å². The molecule has 2 aromatic carbocycles. The van der Waals surface area contributed by atoms with Crippen LogP contribution in [0.5, 0.6) is 11.5 Å². The molecule has 1 amide bonds. The lowest BCUT2D eigenvalue weighted by atomic mass is 10.1. The lowest BCUT2D eigenvalue weighted by Crippen LogP contribution is -2.27. The van der Waals surface area contributed by atoms with E-state index in [-0.39, 0.29) is 18.0 Å². The molecule has 3 aromatic rings. The smallest absolute Gasteiger partial charge is 0.254 e. The minimum Gasteiger partial charge on any atom is -0.497 e. The van der Waals surface area contributed by atoms with Gasteiger partial charge in [-0.2, -0.15) is 0 Å². The SMILES string of the molecule is COc1ccc(OC)c(NC(=O)Cn2cnc(-c3ccccc3)cc2=O)c1. The van der Waals surface area contributed by atoms with Crippen molar-refractivity contribution in [1.29, 1.82) is 0 Å².